The molecule has 2 rings (SSSR count). The van der Waals surface area contributed by atoms with Gasteiger partial charge < -0.3 is 15.7 Å². The highest BCUT2D eigenvalue weighted by atomic mass is 35.5. The molecule has 2 aromatic carbocycles. The SMILES string of the molecule is CCc1cc(Oc2ccc(/C(N)=N/O)c(C)c2)ccc1Cl. The number of benzene rings is 2. The minimum atomic E-state index is 0.0822. The molecular weight excluding hydrogens is 288 g/mol. The number of aryl methyl sites for hydroxylation is 2. The fraction of sp³-hybridized carbons (Fsp3) is 0.188. The summed E-state index contributed by atoms with van der Waals surface area (Å²) in [6.07, 6.45) is 0.845. The lowest BCUT2D eigenvalue weighted by atomic mass is 10.1. The molecule has 0 amide bonds. The Kier molecular flexibility index (Phi) is 4.70. The number of ether oxygens (including phenoxy) is 1. The molecule has 0 bridgehead atoms. The fourth-order valence-corrected chi connectivity index (χ4v) is 2.31. The Balaban J connectivity index is 2.26. The molecule has 0 radical (unpaired) electrons. The molecule has 3 N–H and O–H groups in total. The van der Waals surface area contributed by atoms with Crippen molar-refractivity contribution in [2.75, 3.05) is 0 Å². The van der Waals surface area contributed by atoms with Crippen LogP contribution < -0.4 is 10.5 Å². The van der Waals surface area contributed by atoms with E-state index in [1.165, 1.54) is 0 Å². The van der Waals surface area contributed by atoms with Gasteiger partial charge in [-0.2, -0.15) is 0 Å². The van der Waals surface area contributed by atoms with Gasteiger partial charge in [-0.3, -0.25) is 0 Å². The first kappa shape index (κ1) is 15.2. The van der Waals surface area contributed by atoms with Crippen LogP contribution in [-0.2, 0) is 6.42 Å². The molecule has 0 atom stereocenters. The van der Waals surface area contributed by atoms with E-state index in [4.69, 9.17) is 27.3 Å². The smallest absolute Gasteiger partial charge is 0.170 e. The normalized spacial score (nSPS) is 11.5. The molecule has 0 aliphatic rings. The summed E-state index contributed by atoms with van der Waals surface area (Å²) in [5, 5.41) is 12.5. The van der Waals surface area contributed by atoms with Crippen molar-refractivity contribution in [1.29, 1.82) is 0 Å². The lowest BCUT2D eigenvalue weighted by Gasteiger charge is -2.10. The standard InChI is InChI=1S/C16H17ClN2O2/c1-3-11-9-13(5-7-15(11)17)21-12-4-6-14(10(2)8-12)16(18)19-20/h4-9,20H,3H2,1-2H3,(H2,18,19). The quantitative estimate of drug-likeness (QED) is 0.387. The fourth-order valence-electron chi connectivity index (χ4n) is 2.06. The average Bonchev–Trinajstić information content (AvgIpc) is 2.48. The molecule has 5 heteroatoms. The van der Waals surface area contributed by atoms with Crippen molar-refractivity contribution in [3.8, 4) is 11.5 Å². The molecule has 0 aliphatic heterocycles. The van der Waals surface area contributed by atoms with Crippen LogP contribution in [0.1, 0.15) is 23.6 Å². The van der Waals surface area contributed by atoms with Gasteiger partial charge in [0.25, 0.3) is 0 Å². The number of oxime groups is 1. The number of halogens is 1. The van der Waals surface area contributed by atoms with Crippen LogP contribution >= 0.6 is 11.6 Å². The molecule has 0 fully saturated rings. The topological polar surface area (TPSA) is 67.8 Å². The molecule has 0 saturated carbocycles. The van der Waals surface area contributed by atoms with Crippen LogP contribution in [-0.4, -0.2) is 11.0 Å². The van der Waals surface area contributed by atoms with Gasteiger partial charge in [0.15, 0.2) is 5.84 Å². The third-order valence-corrected chi connectivity index (χ3v) is 3.58. The third kappa shape index (κ3) is 3.47. The molecule has 0 spiro atoms. The van der Waals surface area contributed by atoms with Gasteiger partial charge in [-0.25, -0.2) is 0 Å². The van der Waals surface area contributed by atoms with Crippen LogP contribution in [0.2, 0.25) is 5.02 Å². The van der Waals surface area contributed by atoms with Crippen LogP contribution in [0.25, 0.3) is 0 Å². The predicted octanol–water partition coefficient (Wildman–Crippen LogP) is 4.10. The largest absolute Gasteiger partial charge is 0.457 e. The molecule has 0 saturated heterocycles. The Bertz CT molecular complexity index is 684. The van der Waals surface area contributed by atoms with Crippen molar-refractivity contribution in [3.05, 3.63) is 58.1 Å². The first-order valence-electron chi connectivity index (χ1n) is 6.60. The maximum atomic E-state index is 8.72. The zero-order valence-electron chi connectivity index (χ0n) is 11.9. The van der Waals surface area contributed by atoms with Gasteiger partial charge >= 0.3 is 0 Å². The maximum Gasteiger partial charge on any atom is 0.170 e. The molecule has 0 aromatic heterocycles. The number of amidine groups is 1. The van der Waals surface area contributed by atoms with E-state index < -0.39 is 0 Å². The summed E-state index contributed by atoms with van der Waals surface area (Å²) in [5.74, 6) is 1.50. The van der Waals surface area contributed by atoms with Crippen molar-refractivity contribution in [1.82, 2.24) is 0 Å². The summed E-state index contributed by atoms with van der Waals surface area (Å²) >= 11 is 6.09. The number of hydrogen-bond acceptors (Lipinski definition) is 3. The number of rotatable bonds is 4. The summed E-state index contributed by atoms with van der Waals surface area (Å²) in [6, 6.07) is 11.0. The van der Waals surface area contributed by atoms with Crippen LogP contribution in [0.5, 0.6) is 11.5 Å². The van der Waals surface area contributed by atoms with Gasteiger partial charge in [0, 0.05) is 10.6 Å². The predicted molar refractivity (Wildman–Crippen MR) is 84.6 cm³/mol. The summed E-state index contributed by atoms with van der Waals surface area (Å²) < 4.78 is 5.82. The van der Waals surface area contributed by atoms with E-state index in [-0.39, 0.29) is 5.84 Å². The Morgan fingerprint density at radius 2 is 1.90 bits per heavy atom. The lowest BCUT2D eigenvalue weighted by molar-refractivity contribution is 0.318. The van der Waals surface area contributed by atoms with Crippen molar-refractivity contribution in [2.45, 2.75) is 20.3 Å². The van der Waals surface area contributed by atoms with Gasteiger partial charge in [-0.05, 0) is 60.9 Å². The highest BCUT2D eigenvalue weighted by molar-refractivity contribution is 6.31. The molecule has 4 nitrogen and oxygen atoms in total. The zero-order chi connectivity index (χ0) is 15.4. The van der Waals surface area contributed by atoms with Gasteiger partial charge in [0.05, 0.1) is 0 Å². The van der Waals surface area contributed by atoms with E-state index in [0.29, 0.717) is 11.3 Å². The Hall–Kier alpha value is -2.20. The molecular formula is C16H17ClN2O2. The highest BCUT2D eigenvalue weighted by Crippen LogP contribution is 2.27. The van der Waals surface area contributed by atoms with E-state index in [2.05, 4.69) is 5.16 Å². The van der Waals surface area contributed by atoms with Crippen LogP contribution in [0, 0.1) is 6.92 Å². The second-order valence-electron chi connectivity index (χ2n) is 4.67. The van der Waals surface area contributed by atoms with E-state index >= 15 is 0 Å². The van der Waals surface area contributed by atoms with Gasteiger partial charge in [-0.15, -0.1) is 0 Å². The van der Waals surface area contributed by atoms with Crippen molar-refractivity contribution >= 4 is 17.4 Å². The van der Waals surface area contributed by atoms with Gasteiger partial charge in [0.1, 0.15) is 11.5 Å². The summed E-state index contributed by atoms with van der Waals surface area (Å²) in [6.45, 7) is 3.92. The molecule has 21 heavy (non-hydrogen) atoms. The molecule has 0 aliphatic carbocycles. The Morgan fingerprint density at radius 1 is 1.24 bits per heavy atom. The lowest BCUT2D eigenvalue weighted by Crippen LogP contribution is -2.14. The van der Waals surface area contributed by atoms with E-state index in [0.717, 1.165) is 28.3 Å². The molecule has 0 unspecified atom stereocenters. The van der Waals surface area contributed by atoms with E-state index in [1.807, 2.05) is 38.1 Å². The first-order chi connectivity index (χ1) is 10.0. The van der Waals surface area contributed by atoms with E-state index in [9.17, 15) is 0 Å². The van der Waals surface area contributed by atoms with Crippen LogP contribution in [0.3, 0.4) is 0 Å². The second kappa shape index (κ2) is 6.50. The average molecular weight is 305 g/mol. The minimum absolute atomic E-state index is 0.0822. The van der Waals surface area contributed by atoms with Gasteiger partial charge in [-0.1, -0.05) is 23.7 Å². The summed E-state index contributed by atoms with van der Waals surface area (Å²) in [4.78, 5) is 0. The Labute approximate surface area is 128 Å². The summed E-state index contributed by atoms with van der Waals surface area (Å²) in [5.41, 5.74) is 8.18. The number of hydrogen-bond donors (Lipinski definition) is 2. The molecule has 110 valence electrons. The third-order valence-electron chi connectivity index (χ3n) is 3.22. The van der Waals surface area contributed by atoms with Crippen molar-refractivity contribution in [3.63, 3.8) is 0 Å². The number of nitrogens with two attached hydrogens (primary N) is 1. The first-order valence-corrected chi connectivity index (χ1v) is 6.97. The molecule has 0 heterocycles. The Morgan fingerprint density at radius 3 is 2.52 bits per heavy atom. The highest BCUT2D eigenvalue weighted by Gasteiger charge is 2.07. The second-order valence-corrected chi connectivity index (χ2v) is 5.08. The minimum Gasteiger partial charge on any atom is -0.457 e. The van der Waals surface area contributed by atoms with Gasteiger partial charge in [0.2, 0.25) is 0 Å². The van der Waals surface area contributed by atoms with E-state index in [1.54, 1.807) is 12.1 Å². The van der Waals surface area contributed by atoms with Crippen LogP contribution in [0.4, 0.5) is 0 Å². The maximum absolute atomic E-state index is 8.72. The molecule has 2 aromatic rings. The van der Waals surface area contributed by atoms with Crippen LogP contribution in [0.15, 0.2) is 41.6 Å². The van der Waals surface area contributed by atoms with Crippen molar-refractivity contribution < 1.29 is 9.94 Å². The van der Waals surface area contributed by atoms with Crippen molar-refractivity contribution in [2.24, 2.45) is 10.9 Å². The summed E-state index contributed by atoms with van der Waals surface area (Å²) in [7, 11) is 0. The zero-order valence-corrected chi connectivity index (χ0v) is 12.7. The number of nitrogens with zero attached hydrogens (tertiary/aromatic N) is 1. The monoisotopic (exact) mass is 304 g/mol.